The topological polar surface area (TPSA) is 62.8 Å². The summed E-state index contributed by atoms with van der Waals surface area (Å²) in [7, 11) is 2.16. The number of carbonyl (C=O) groups is 1. The number of aromatic nitrogens is 1. The van der Waals surface area contributed by atoms with Gasteiger partial charge in [0, 0.05) is 75.4 Å². The lowest BCUT2D eigenvalue weighted by Gasteiger charge is -2.34. The smallest absolute Gasteiger partial charge is 0.227 e. The van der Waals surface area contributed by atoms with Gasteiger partial charge in [-0.2, -0.15) is 0 Å². The number of hydrogen-bond donors (Lipinski definition) is 2. The number of benzene rings is 1. The molecule has 3 heterocycles. The minimum absolute atomic E-state index is 0.162. The Kier molecular flexibility index (Phi) is 5.48. The van der Waals surface area contributed by atoms with E-state index >= 15 is 0 Å². The molecule has 2 aromatic rings. The number of likely N-dealkylation sites (N-methyl/N-ethyl adjacent to an activating group) is 1. The molecule has 27 heavy (non-hydrogen) atoms. The van der Waals surface area contributed by atoms with Gasteiger partial charge in [0.1, 0.15) is 0 Å². The largest absolute Gasteiger partial charge is 0.396 e. The zero-order valence-electron chi connectivity index (χ0n) is 16.1. The number of H-pyrrole nitrogens is 1. The van der Waals surface area contributed by atoms with Crippen LogP contribution in [0.25, 0.3) is 10.9 Å². The fourth-order valence-corrected chi connectivity index (χ4v) is 4.47. The van der Waals surface area contributed by atoms with Gasteiger partial charge in [0.25, 0.3) is 0 Å². The Hall–Kier alpha value is -1.89. The number of aliphatic hydroxyl groups is 1. The second kappa shape index (κ2) is 8.00. The van der Waals surface area contributed by atoms with Gasteiger partial charge in [-0.15, -0.1) is 0 Å². The molecule has 6 nitrogen and oxygen atoms in total. The first kappa shape index (κ1) is 18.5. The van der Waals surface area contributed by atoms with Gasteiger partial charge in [-0.05, 0) is 24.6 Å². The molecule has 6 heteroatoms. The second-order valence-corrected chi connectivity index (χ2v) is 8.14. The minimum Gasteiger partial charge on any atom is -0.396 e. The number of fused-ring (bicyclic) bond motifs is 1. The summed E-state index contributed by atoms with van der Waals surface area (Å²) in [5, 5.41) is 11.0. The van der Waals surface area contributed by atoms with E-state index in [1.165, 1.54) is 0 Å². The standard InChI is InChI=1S/C21H30N4O2/c1-23-6-8-24(9-7-23)12-17-13-25(14-18(17)15-26)21(27)10-16-11-22-20-5-3-2-4-19(16)20/h2-5,11,17-18,22,26H,6-10,12-15H2,1H3. The van der Waals surface area contributed by atoms with E-state index in [9.17, 15) is 9.90 Å². The number of amides is 1. The Bertz CT molecular complexity index is 781. The maximum Gasteiger partial charge on any atom is 0.227 e. The molecule has 0 aliphatic carbocycles. The van der Waals surface area contributed by atoms with Crippen LogP contribution in [-0.4, -0.2) is 90.2 Å². The van der Waals surface area contributed by atoms with E-state index < -0.39 is 0 Å². The summed E-state index contributed by atoms with van der Waals surface area (Å²) in [6.07, 6.45) is 2.37. The van der Waals surface area contributed by atoms with E-state index in [-0.39, 0.29) is 18.4 Å². The van der Waals surface area contributed by atoms with Crippen molar-refractivity contribution in [1.82, 2.24) is 19.7 Å². The van der Waals surface area contributed by atoms with Gasteiger partial charge < -0.3 is 24.8 Å². The highest BCUT2D eigenvalue weighted by Crippen LogP contribution is 2.26. The Morgan fingerprint density at radius 1 is 1.15 bits per heavy atom. The highest BCUT2D eigenvalue weighted by molar-refractivity contribution is 5.89. The average molecular weight is 370 g/mol. The Labute approximate surface area is 160 Å². The molecule has 146 valence electrons. The van der Waals surface area contributed by atoms with Gasteiger partial charge in [-0.1, -0.05) is 18.2 Å². The summed E-state index contributed by atoms with van der Waals surface area (Å²) in [4.78, 5) is 23.0. The molecular formula is C21H30N4O2. The third kappa shape index (κ3) is 4.03. The third-order valence-corrected chi connectivity index (χ3v) is 6.27. The monoisotopic (exact) mass is 370 g/mol. The zero-order chi connectivity index (χ0) is 18.8. The fraction of sp³-hybridized carbons (Fsp3) is 0.571. The highest BCUT2D eigenvalue weighted by Gasteiger charge is 2.36. The van der Waals surface area contributed by atoms with Crippen LogP contribution in [0, 0.1) is 11.8 Å². The summed E-state index contributed by atoms with van der Waals surface area (Å²) >= 11 is 0. The van der Waals surface area contributed by atoms with E-state index in [2.05, 4.69) is 27.9 Å². The van der Waals surface area contributed by atoms with Crippen LogP contribution in [0.15, 0.2) is 30.5 Å². The summed E-state index contributed by atoms with van der Waals surface area (Å²) in [5.74, 6) is 0.723. The molecule has 0 bridgehead atoms. The predicted octanol–water partition coefficient (Wildman–Crippen LogP) is 1.02. The second-order valence-electron chi connectivity index (χ2n) is 8.14. The van der Waals surface area contributed by atoms with Gasteiger partial charge in [-0.3, -0.25) is 4.79 Å². The molecule has 2 aliphatic rings. The van der Waals surface area contributed by atoms with Crippen LogP contribution < -0.4 is 0 Å². The van der Waals surface area contributed by atoms with E-state index in [0.29, 0.717) is 18.9 Å². The van der Waals surface area contributed by atoms with Gasteiger partial charge in [0.05, 0.1) is 6.42 Å². The first-order valence-electron chi connectivity index (χ1n) is 9.98. The number of carbonyl (C=O) groups excluding carboxylic acids is 1. The van der Waals surface area contributed by atoms with E-state index in [0.717, 1.165) is 55.7 Å². The maximum absolute atomic E-state index is 12.9. The summed E-state index contributed by atoms with van der Waals surface area (Å²) in [6, 6.07) is 8.10. The number of nitrogens with zero attached hydrogens (tertiary/aromatic N) is 3. The van der Waals surface area contributed by atoms with Crippen molar-refractivity contribution in [2.75, 3.05) is 59.5 Å². The summed E-state index contributed by atoms with van der Waals surface area (Å²) in [6.45, 7) is 6.93. The molecule has 2 atom stereocenters. The summed E-state index contributed by atoms with van der Waals surface area (Å²) in [5.41, 5.74) is 2.13. The number of likely N-dealkylation sites (tertiary alicyclic amines) is 1. The normalized spacial score (nSPS) is 24.7. The molecule has 0 saturated carbocycles. The first-order valence-corrected chi connectivity index (χ1v) is 9.98. The lowest BCUT2D eigenvalue weighted by atomic mass is 9.96. The number of rotatable bonds is 5. The molecule has 2 saturated heterocycles. The highest BCUT2D eigenvalue weighted by atomic mass is 16.3. The number of para-hydroxylation sites is 1. The quantitative estimate of drug-likeness (QED) is 0.825. The number of aliphatic hydroxyl groups excluding tert-OH is 1. The molecular weight excluding hydrogens is 340 g/mol. The number of hydrogen-bond acceptors (Lipinski definition) is 4. The predicted molar refractivity (Wildman–Crippen MR) is 107 cm³/mol. The first-order chi connectivity index (χ1) is 13.1. The Morgan fingerprint density at radius 3 is 2.67 bits per heavy atom. The van der Waals surface area contributed by atoms with Crippen LogP contribution in [0.3, 0.4) is 0 Å². The minimum atomic E-state index is 0.162. The lowest BCUT2D eigenvalue weighted by Crippen LogP contribution is -2.47. The van der Waals surface area contributed by atoms with Gasteiger partial charge in [0.15, 0.2) is 0 Å². The summed E-state index contributed by atoms with van der Waals surface area (Å²) < 4.78 is 0. The van der Waals surface area contributed by atoms with Crippen LogP contribution in [0.2, 0.25) is 0 Å². The maximum atomic E-state index is 12.9. The van der Waals surface area contributed by atoms with Gasteiger partial charge >= 0.3 is 0 Å². The molecule has 1 aromatic heterocycles. The molecule has 2 fully saturated rings. The van der Waals surface area contributed by atoms with Crippen molar-refractivity contribution in [3.8, 4) is 0 Å². The fourth-order valence-electron chi connectivity index (χ4n) is 4.47. The van der Waals surface area contributed by atoms with Crippen LogP contribution in [0.1, 0.15) is 5.56 Å². The number of aromatic amines is 1. The van der Waals surface area contributed by atoms with Crippen LogP contribution in [0.5, 0.6) is 0 Å². The van der Waals surface area contributed by atoms with E-state index in [1.54, 1.807) is 0 Å². The molecule has 0 spiro atoms. The number of piperazine rings is 1. The van der Waals surface area contributed by atoms with Crippen molar-refractivity contribution in [3.05, 3.63) is 36.0 Å². The SMILES string of the molecule is CN1CCN(CC2CN(C(=O)Cc3c[nH]c4ccccc34)CC2CO)CC1. The van der Waals surface area contributed by atoms with E-state index in [1.807, 2.05) is 29.3 Å². The van der Waals surface area contributed by atoms with Crippen LogP contribution >= 0.6 is 0 Å². The van der Waals surface area contributed by atoms with Gasteiger partial charge in [0.2, 0.25) is 5.91 Å². The van der Waals surface area contributed by atoms with Crippen molar-refractivity contribution in [1.29, 1.82) is 0 Å². The van der Waals surface area contributed by atoms with Crippen molar-refractivity contribution >= 4 is 16.8 Å². The number of nitrogens with one attached hydrogen (secondary N) is 1. The Balaban J connectivity index is 1.38. The van der Waals surface area contributed by atoms with Crippen molar-refractivity contribution in [3.63, 3.8) is 0 Å². The van der Waals surface area contributed by atoms with Crippen molar-refractivity contribution in [2.45, 2.75) is 6.42 Å². The van der Waals surface area contributed by atoms with Crippen LogP contribution in [0.4, 0.5) is 0 Å². The van der Waals surface area contributed by atoms with Crippen molar-refractivity contribution < 1.29 is 9.90 Å². The van der Waals surface area contributed by atoms with Crippen molar-refractivity contribution in [2.24, 2.45) is 11.8 Å². The molecule has 0 radical (unpaired) electrons. The zero-order valence-corrected chi connectivity index (χ0v) is 16.1. The van der Waals surface area contributed by atoms with Crippen LogP contribution in [-0.2, 0) is 11.2 Å². The lowest BCUT2D eigenvalue weighted by molar-refractivity contribution is -0.129. The molecule has 2 N–H and O–H groups in total. The molecule has 2 unspecified atom stereocenters. The van der Waals surface area contributed by atoms with E-state index in [4.69, 9.17) is 0 Å². The third-order valence-electron chi connectivity index (χ3n) is 6.27. The Morgan fingerprint density at radius 2 is 1.89 bits per heavy atom. The van der Waals surface area contributed by atoms with Gasteiger partial charge in [-0.25, -0.2) is 0 Å². The molecule has 2 aliphatic heterocycles. The average Bonchev–Trinajstić information content (AvgIpc) is 3.28. The molecule has 4 rings (SSSR count). The molecule has 1 amide bonds. The molecule has 1 aromatic carbocycles.